The number of amides is 3. The number of nitrogens with zero attached hydrogens (tertiary/aromatic N) is 1. The zero-order valence-electron chi connectivity index (χ0n) is 18.6. The van der Waals surface area contributed by atoms with Gasteiger partial charge in [-0.2, -0.15) is 4.31 Å². The van der Waals surface area contributed by atoms with Crippen LogP contribution in [0.5, 0.6) is 0 Å². The van der Waals surface area contributed by atoms with E-state index < -0.39 is 22.0 Å². The predicted molar refractivity (Wildman–Crippen MR) is 124 cm³/mol. The van der Waals surface area contributed by atoms with Crippen molar-refractivity contribution in [3.05, 3.63) is 59.4 Å². The first-order chi connectivity index (χ1) is 15.8. The molecule has 3 N–H and O–H groups in total. The maximum atomic E-state index is 13.1. The van der Waals surface area contributed by atoms with Gasteiger partial charge >= 0.3 is 6.03 Å². The molecular weight excluding hydrogens is 447 g/mol. The summed E-state index contributed by atoms with van der Waals surface area (Å²) in [6, 6.07) is 9.89. The highest BCUT2D eigenvalue weighted by atomic mass is 32.2. The first kappa shape index (κ1) is 24.7. The van der Waals surface area contributed by atoms with Crippen molar-refractivity contribution < 1.29 is 22.4 Å². The van der Waals surface area contributed by atoms with Crippen LogP contribution in [0.25, 0.3) is 0 Å². The van der Waals surface area contributed by atoms with Gasteiger partial charge in [-0.05, 0) is 55.2 Å². The maximum Gasteiger partial charge on any atom is 0.315 e. The molecule has 0 spiro atoms. The Morgan fingerprint density at radius 2 is 1.64 bits per heavy atom. The number of nitrogens with one attached hydrogen (secondary N) is 3. The zero-order valence-corrected chi connectivity index (χ0v) is 19.4. The van der Waals surface area contributed by atoms with Crippen molar-refractivity contribution in [1.82, 2.24) is 14.9 Å². The third-order valence-electron chi connectivity index (χ3n) is 5.43. The summed E-state index contributed by atoms with van der Waals surface area (Å²) in [6.45, 7) is 2.61. The van der Waals surface area contributed by atoms with Crippen LogP contribution in [0.4, 0.5) is 14.9 Å². The van der Waals surface area contributed by atoms with Crippen molar-refractivity contribution in [2.75, 3.05) is 25.0 Å². The molecule has 0 radical (unpaired) electrons. The quantitative estimate of drug-likeness (QED) is 0.571. The van der Waals surface area contributed by atoms with Gasteiger partial charge in [0.15, 0.2) is 0 Å². The van der Waals surface area contributed by atoms with Gasteiger partial charge in [0.05, 0.1) is 11.4 Å². The second-order valence-corrected chi connectivity index (χ2v) is 9.92. The Labute approximate surface area is 193 Å². The molecule has 1 heterocycles. The van der Waals surface area contributed by atoms with Gasteiger partial charge in [-0.1, -0.05) is 31.0 Å². The lowest BCUT2D eigenvalue weighted by Crippen LogP contribution is -2.39. The van der Waals surface area contributed by atoms with Crippen LogP contribution in [0.3, 0.4) is 0 Å². The fourth-order valence-electron chi connectivity index (χ4n) is 3.59. The first-order valence-electron chi connectivity index (χ1n) is 10.9. The van der Waals surface area contributed by atoms with E-state index in [2.05, 4.69) is 16.0 Å². The first-order valence-corrected chi connectivity index (χ1v) is 12.4. The van der Waals surface area contributed by atoms with Crippen LogP contribution < -0.4 is 16.0 Å². The number of benzene rings is 2. The number of carbonyl (C=O) groups is 2. The van der Waals surface area contributed by atoms with E-state index in [1.54, 1.807) is 31.2 Å². The minimum atomic E-state index is -3.66. The number of carbonyl (C=O) groups excluding carboxylic acids is 2. The van der Waals surface area contributed by atoms with Gasteiger partial charge in [0.1, 0.15) is 5.82 Å². The van der Waals surface area contributed by atoms with Crippen LogP contribution >= 0.6 is 0 Å². The summed E-state index contributed by atoms with van der Waals surface area (Å²) < 4.78 is 40.7. The van der Waals surface area contributed by atoms with E-state index in [0.29, 0.717) is 29.9 Å². The van der Waals surface area contributed by atoms with Crippen LogP contribution in [-0.4, -0.2) is 44.3 Å². The standard InChI is InChI=1S/C23H29FN4O4S/c1-17-6-11-20(14-21(17)33(31,32)28-12-4-2-3-5-13-28)27-22(29)16-26-23(30)25-15-18-7-9-19(24)10-8-18/h6-11,14H,2-5,12-13,15-16H2,1H3,(H,27,29)(H2,25,26,30). The minimum absolute atomic E-state index is 0.173. The van der Waals surface area contributed by atoms with Gasteiger partial charge in [0.25, 0.3) is 0 Å². The highest BCUT2D eigenvalue weighted by Crippen LogP contribution is 2.25. The van der Waals surface area contributed by atoms with E-state index in [1.165, 1.54) is 22.5 Å². The van der Waals surface area contributed by atoms with E-state index in [4.69, 9.17) is 0 Å². The van der Waals surface area contributed by atoms with E-state index in [0.717, 1.165) is 25.7 Å². The van der Waals surface area contributed by atoms with Crippen LogP contribution in [0.15, 0.2) is 47.4 Å². The van der Waals surface area contributed by atoms with Gasteiger partial charge in [-0.15, -0.1) is 0 Å². The molecule has 178 valence electrons. The molecular formula is C23H29FN4O4S. The lowest BCUT2D eigenvalue weighted by molar-refractivity contribution is -0.115. The fraction of sp³-hybridized carbons (Fsp3) is 0.391. The Morgan fingerprint density at radius 3 is 2.30 bits per heavy atom. The molecule has 0 saturated carbocycles. The molecule has 1 saturated heterocycles. The molecule has 0 aromatic heterocycles. The molecule has 0 atom stereocenters. The van der Waals surface area contributed by atoms with E-state index in [9.17, 15) is 22.4 Å². The third-order valence-corrected chi connectivity index (χ3v) is 7.47. The molecule has 1 aliphatic heterocycles. The Bertz CT molecular complexity index is 1080. The average Bonchev–Trinajstić information content (AvgIpc) is 3.09. The van der Waals surface area contributed by atoms with Crippen molar-refractivity contribution in [3.63, 3.8) is 0 Å². The summed E-state index contributed by atoms with van der Waals surface area (Å²) in [4.78, 5) is 24.4. The van der Waals surface area contributed by atoms with Crippen LogP contribution in [0.1, 0.15) is 36.8 Å². The second-order valence-electron chi connectivity index (χ2n) is 8.01. The number of rotatable bonds is 7. The SMILES string of the molecule is Cc1ccc(NC(=O)CNC(=O)NCc2ccc(F)cc2)cc1S(=O)(=O)N1CCCCCC1. The van der Waals surface area contributed by atoms with E-state index in [-0.39, 0.29) is 23.8 Å². The molecule has 3 amide bonds. The zero-order chi connectivity index (χ0) is 23.8. The lowest BCUT2D eigenvalue weighted by Gasteiger charge is -2.21. The molecule has 0 unspecified atom stereocenters. The Kier molecular flexibility index (Phi) is 8.40. The van der Waals surface area contributed by atoms with Crippen molar-refractivity contribution in [2.24, 2.45) is 0 Å². The summed E-state index contributed by atoms with van der Waals surface area (Å²) in [7, 11) is -3.66. The van der Waals surface area contributed by atoms with E-state index >= 15 is 0 Å². The van der Waals surface area contributed by atoms with Gasteiger partial charge in [-0.3, -0.25) is 4.79 Å². The number of hydrogen-bond acceptors (Lipinski definition) is 4. The largest absolute Gasteiger partial charge is 0.334 e. The van der Waals surface area contributed by atoms with Crippen LogP contribution in [0.2, 0.25) is 0 Å². The van der Waals surface area contributed by atoms with Crippen molar-refractivity contribution >= 4 is 27.6 Å². The Morgan fingerprint density at radius 1 is 0.970 bits per heavy atom. The molecule has 2 aromatic carbocycles. The predicted octanol–water partition coefficient (Wildman–Crippen LogP) is 3.14. The lowest BCUT2D eigenvalue weighted by atomic mass is 10.2. The normalized spacial score (nSPS) is 14.8. The highest BCUT2D eigenvalue weighted by Gasteiger charge is 2.27. The smallest absolute Gasteiger partial charge is 0.315 e. The number of anilines is 1. The monoisotopic (exact) mass is 476 g/mol. The second kappa shape index (κ2) is 11.2. The van der Waals surface area contributed by atoms with E-state index in [1.807, 2.05) is 0 Å². The van der Waals surface area contributed by atoms with Crippen LogP contribution in [0, 0.1) is 12.7 Å². The molecule has 2 aromatic rings. The molecule has 0 bridgehead atoms. The minimum Gasteiger partial charge on any atom is -0.334 e. The molecule has 0 aliphatic carbocycles. The van der Waals surface area contributed by atoms with Crippen molar-refractivity contribution in [3.8, 4) is 0 Å². The number of hydrogen-bond donors (Lipinski definition) is 3. The van der Waals surface area contributed by atoms with Crippen molar-refractivity contribution in [1.29, 1.82) is 0 Å². The average molecular weight is 477 g/mol. The topological polar surface area (TPSA) is 108 Å². The third kappa shape index (κ3) is 7.00. The molecule has 1 aliphatic rings. The highest BCUT2D eigenvalue weighted by molar-refractivity contribution is 7.89. The molecule has 3 rings (SSSR count). The number of aryl methyl sites for hydroxylation is 1. The van der Waals surface area contributed by atoms with Crippen LogP contribution in [-0.2, 0) is 21.4 Å². The maximum absolute atomic E-state index is 13.1. The number of urea groups is 1. The summed E-state index contributed by atoms with van der Waals surface area (Å²) in [6.07, 6.45) is 3.71. The molecule has 8 nitrogen and oxygen atoms in total. The van der Waals surface area contributed by atoms with Gasteiger partial charge < -0.3 is 16.0 Å². The Hall–Kier alpha value is -2.98. The summed E-state index contributed by atoms with van der Waals surface area (Å²) in [5, 5.41) is 7.64. The van der Waals surface area contributed by atoms with Gasteiger partial charge in [0.2, 0.25) is 15.9 Å². The number of sulfonamides is 1. The molecule has 1 fully saturated rings. The summed E-state index contributed by atoms with van der Waals surface area (Å²) in [5.41, 5.74) is 1.66. The molecule has 10 heteroatoms. The summed E-state index contributed by atoms with van der Waals surface area (Å²) >= 11 is 0. The Balaban J connectivity index is 1.55. The fourth-order valence-corrected chi connectivity index (χ4v) is 5.36. The van der Waals surface area contributed by atoms with Gasteiger partial charge in [0, 0.05) is 25.3 Å². The van der Waals surface area contributed by atoms with Gasteiger partial charge in [-0.25, -0.2) is 17.6 Å². The number of halogens is 1. The summed E-state index contributed by atoms with van der Waals surface area (Å²) in [5.74, 6) is -0.854. The van der Waals surface area contributed by atoms with Crippen molar-refractivity contribution in [2.45, 2.75) is 44.0 Å². The molecule has 33 heavy (non-hydrogen) atoms.